The van der Waals surface area contributed by atoms with Gasteiger partial charge in [-0.15, -0.1) is 0 Å². The van der Waals surface area contributed by atoms with Crippen molar-refractivity contribution in [3.63, 3.8) is 0 Å². The lowest BCUT2D eigenvalue weighted by atomic mass is 10.1. The normalized spacial score (nSPS) is 10.1. The number of ether oxygens (including phenoxy) is 1. The second kappa shape index (κ2) is 5.60. The molecule has 0 aliphatic heterocycles. The predicted molar refractivity (Wildman–Crippen MR) is 68.1 cm³/mol. The van der Waals surface area contributed by atoms with Gasteiger partial charge in [-0.25, -0.2) is 0 Å². The Morgan fingerprint density at radius 1 is 1.39 bits per heavy atom. The molecular weight excluding hydrogens is 252 g/mol. The molecule has 0 saturated heterocycles. The minimum atomic E-state index is -0.0555. The third-order valence-electron chi connectivity index (χ3n) is 2.44. The van der Waals surface area contributed by atoms with E-state index in [0.717, 1.165) is 0 Å². The summed E-state index contributed by atoms with van der Waals surface area (Å²) in [7, 11) is 1.53. The molecule has 0 N–H and O–H groups in total. The Morgan fingerprint density at radius 2 is 2.22 bits per heavy atom. The maximum Gasteiger partial charge on any atom is 0.168 e. The van der Waals surface area contributed by atoms with Gasteiger partial charge in [-0.05, 0) is 30.3 Å². The molecule has 4 nitrogen and oxygen atoms in total. The van der Waals surface area contributed by atoms with Gasteiger partial charge in [-0.3, -0.25) is 4.79 Å². The van der Waals surface area contributed by atoms with Crippen molar-refractivity contribution >= 4 is 17.4 Å². The Hall–Kier alpha value is -1.94. The Balaban J connectivity index is 2.17. The lowest BCUT2D eigenvalue weighted by Crippen LogP contribution is -2.05. The van der Waals surface area contributed by atoms with Crippen LogP contribution in [-0.2, 0) is 6.42 Å². The smallest absolute Gasteiger partial charge is 0.168 e. The molecule has 0 bridgehead atoms. The van der Waals surface area contributed by atoms with Gasteiger partial charge in [0.1, 0.15) is 5.75 Å². The largest absolute Gasteiger partial charge is 0.495 e. The van der Waals surface area contributed by atoms with Crippen molar-refractivity contribution in [3.8, 4) is 5.75 Å². The summed E-state index contributed by atoms with van der Waals surface area (Å²) in [5.41, 5.74) is 1.17. The van der Waals surface area contributed by atoms with Crippen molar-refractivity contribution in [2.75, 3.05) is 7.11 Å². The van der Waals surface area contributed by atoms with Gasteiger partial charge in [-0.1, -0.05) is 11.6 Å². The van der Waals surface area contributed by atoms with E-state index in [2.05, 4.69) is 10.2 Å². The standard InChI is InChI=1S/C13H11ClN2O2/c1-18-13-5-4-9(7-11(13)14)12(17)8-10-3-2-6-15-16-10/h2-7H,8H2,1H3. The van der Waals surface area contributed by atoms with Crippen molar-refractivity contribution in [3.05, 3.63) is 52.8 Å². The molecule has 1 aromatic heterocycles. The van der Waals surface area contributed by atoms with Gasteiger partial charge in [0.15, 0.2) is 5.78 Å². The van der Waals surface area contributed by atoms with Crippen molar-refractivity contribution in [2.24, 2.45) is 0 Å². The zero-order valence-electron chi connectivity index (χ0n) is 9.76. The minimum absolute atomic E-state index is 0.0555. The number of benzene rings is 1. The van der Waals surface area contributed by atoms with E-state index in [-0.39, 0.29) is 12.2 Å². The monoisotopic (exact) mass is 262 g/mol. The predicted octanol–water partition coefficient (Wildman–Crippen LogP) is 2.56. The number of methoxy groups -OCH3 is 1. The van der Waals surface area contributed by atoms with Crippen molar-refractivity contribution in [2.45, 2.75) is 6.42 Å². The summed E-state index contributed by atoms with van der Waals surface area (Å²) in [5.74, 6) is 0.493. The highest BCUT2D eigenvalue weighted by Crippen LogP contribution is 2.25. The van der Waals surface area contributed by atoms with E-state index in [9.17, 15) is 4.79 Å². The van der Waals surface area contributed by atoms with Crippen LogP contribution in [0.2, 0.25) is 5.02 Å². The molecule has 5 heteroatoms. The fourth-order valence-corrected chi connectivity index (χ4v) is 1.79. The van der Waals surface area contributed by atoms with Crippen LogP contribution < -0.4 is 4.74 Å². The number of halogens is 1. The van der Waals surface area contributed by atoms with E-state index in [1.807, 2.05) is 0 Å². The molecule has 0 amide bonds. The third kappa shape index (κ3) is 2.84. The van der Waals surface area contributed by atoms with Crippen molar-refractivity contribution in [1.29, 1.82) is 0 Å². The summed E-state index contributed by atoms with van der Waals surface area (Å²) in [5, 5.41) is 8.02. The van der Waals surface area contributed by atoms with Gasteiger partial charge in [0.2, 0.25) is 0 Å². The second-order valence-corrected chi connectivity index (χ2v) is 4.07. The zero-order valence-corrected chi connectivity index (χ0v) is 10.5. The van der Waals surface area contributed by atoms with Crippen LogP contribution in [0.4, 0.5) is 0 Å². The van der Waals surface area contributed by atoms with Crippen LogP contribution in [0.25, 0.3) is 0 Å². The van der Waals surface area contributed by atoms with Crippen LogP contribution in [0.3, 0.4) is 0 Å². The first kappa shape index (κ1) is 12.5. The number of hydrogen-bond acceptors (Lipinski definition) is 4. The summed E-state index contributed by atoms with van der Waals surface area (Å²) < 4.78 is 5.03. The lowest BCUT2D eigenvalue weighted by Gasteiger charge is -2.05. The highest BCUT2D eigenvalue weighted by molar-refractivity contribution is 6.32. The van der Waals surface area contributed by atoms with Crippen molar-refractivity contribution in [1.82, 2.24) is 10.2 Å². The molecule has 92 valence electrons. The Labute approximate surface area is 110 Å². The third-order valence-corrected chi connectivity index (χ3v) is 2.74. The molecule has 0 fully saturated rings. The first-order chi connectivity index (χ1) is 8.70. The highest BCUT2D eigenvalue weighted by Gasteiger charge is 2.10. The van der Waals surface area contributed by atoms with Gasteiger partial charge in [0, 0.05) is 11.8 Å². The lowest BCUT2D eigenvalue weighted by molar-refractivity contribution is 0.0991. The Bertz CT molecular complexity index is 558. The van der Waals surface area contributed by atoms with Gasteiger partial charge in [-0.2, -0.15) is 10.2 Å². The summed E-state index contributed by atoms with van der Waals surface area (Å²) in [6.07, 6.45) is 1.77. The molecule has 0 atom stereocenters. The Morgan fingerprint density at radius 3 is 2.83 bits per heavy atom. The van der Waals surface area contributed by atoms with Crippen LogP contribution in [0.1, 0.15) is 16.1 Å². The topological polar surface area (TPSA) is 52.1 Å². The number of rotatable bonds is 4. The van der Waals surface area contributed by atoms with Gasteiger partial charge in [0.25, 0.3) is 0 Å². The fourth-order valence-electron chi connectivity index (χ4n) is 1.53. The van der Waals surface area contributed by atoms with Crippen molar-refractivity contribution < 1.29 is 9.53 Å². The summed E-state index contributed by atoms with van der Waals surface area (Å²) in [6.45, 7) is 0. The molecule has 1 heterocycles. The van der Waals surface area contributed by atoms with Gasteiger partial charge in [0.05, 0.1) is 24.2 Å². The van der Waals surface area contributed by atoms with Crippen LogP contribution in [-0.4, -0.2) is 23.1 Å². The van der Waals surface area contributed by atoms with Crippen LogP contribution in [0.15, 0.2) is 36.5 Å². The molecular formula is C13H11ClN2O2. The van der Waals surface area contributed by atoms with E-state index in [0.29, 0.717) is 22.0 Å². The molecule has 18 heavy (non-hydrogen) atoms. The minimum Gasteiger partial charge on any atom is -0.495 e. The number of carbonyl (C=O) groups excluding carboxylic acids is 1. The highest BCUT2D eigenvalue weighted by atomic mass is 35.5. The van der Waals surface area contributed by atoms with E-state index in [1.165, 1.54) is 7.11 Å². The Kier molecular flexibility index (Phi) is 3.89. The van der Waals surface area contributed by atoms with E-state index in [4.69, 9.17) is 16.3 Å². The maximum atomic E-state index is 12.0. The zero-order chi connectivity index (χ0) is 13.0. The molecule has 2 rings (SSSR count). The molecule has 0 radical (unpaired) electrons. The summed E-state index contributed by atoms with van der Waals surface area (Å²) in [4.78, 5) is 12.0. The maximum absolute atomic E-state index is 12.0. The fraction of sp³-hybridized carbons (Fsp3) is 0.154. The number of nitrogens with zero attached hydrogens (tertiary/aromatic N) is 2. The quantitative estimate of drug-likeness (QED) is 0.795. The SMILES string of the molecule is COc1ccc(C(=O)Cc2cccnn2)cc1Cl. The summed E-state index contributed by atoms with van der Waals surface area (Å²) in [6, 6.07) is 8.46. The molecule has 0 saturated carbocycles. The molecule has 0 spiro atoms. The number of hydrogen-bond donors (Lipinski definition) is 0. The van der Waals surface area contributed by atoms with Gasteiger partial charge >= 0.3 is 0 Å². The molecule has 2 aromatic rings. The molecule has 0 unspecified atom stereocenters. The van der Waals surface area contributed by atoms with Gasteiger partial charge < -0.3 is 4.74 Å². The second-order valence-electron chi connectivity index (χ2n) is 3.66. The molecule has 0 aliphatic rings. The number of ketones is 1. The average Bonchev–Trinajstić information content (AvgIpc) is 2.39. The van der Waals surface area contributed by atoms with Crippen LogP contribution >= 0.6 is 11.6 Å². The van der Waals surface area contributed by atoms with E-state index < -0.39 is 0 Å². The van der Waals surface area contributed by atoms with E-state index >= 15 is 0 Å². The number of Topliss-reactive ketones (excluding diaryl/α,β-unsaturated/α-hetero) is 1. The summed E-state index contributed by atoms with van der Waals surface area (Å²) >= 11 is 5.97. The first-order valence-corrected chi connectivity index (χ1v) is 5.72. The van der Waals surface area contributed by atoms with Crippen LogP contribution in [0, 0.1) is 0 Å². The molecule has 1 aromatic carbocycles. The number of aromatic nitrogens is 2. The molecule has 0 aliphatic carbocycles. The first-order valence-electron chi connectivity index (χ1n) is 5.34. The average molecular weight is 263 g/mol. The van der Waals surface area contributed by atoms with Crippen LogP contribution in [0.5, 0.6) is 5.75 Å². The number of carbonyl (C=O) groups is 1. The van der Waals surface area contributed by atoms with E-state index in [1.54, 1.807) is 36.5 Å².